The van der Waals surface area contributed by atoms with Crippen LogP contribution < -0.4 is 42.3 Å². The summed E-state index contributed by atoms with van der Waals surface area (Å²) in [7, 11) is 0. The van der Waals surface area contributed by atoms with Crippen molar-refractivity contribution in [3.8, 4) is 12.1 Å². The van der Waals surface area contributed by atoms with Gasteiger partial charge in [0.05, 0.1) is 58.0 Å². The molecule has 11 rings (SSSR count). The molecule has 0 bridgehead atoms. The number of rotatable bonds is 9. The molecule has 15 nitrogen and oxygen atoms in total. The number of aromatic amines is 4. The van der Waals surface area contributed by atoms with Gasteiger partial charge in [0.15, 0.2) is 0 Å². The molecule has 0 atom stereocenters. The topological polar surface area (TPSA) is 210 Å². The number of piperidine rings is 1. The fourth-order valence-electron chi connectivity index (χ4n) is 9.92. The molecule has 0 saturated carbocycles. The Morgan fingerprint density at radius 2 is 1.05 bits per heavy atom. The maximum absolute atomic E-state index is 12.2. The van der Waals surface area contributed by atoms with Crippen molar-refractivity contribution in [3.63, 3.8) is 0 Å². The van der Waals surface area contributed by atoms with E-state index in [4.69, 9.17) is 4.74 Å². The number of H-pyrrole nitrogens is 4. The van der Waals surface area contributed by atoms with Gasteiger partial charge in [0.1, 0.15) is 23.3 Å². The molecule has 74 heavy (non-hydrogen) atoms. The molecule has 0 unspecified atom stereocenters. The van der Waals surface area contributed by atoms with Crippen LogP contribution in [0.1, 0.15) is 75.6 Å². The van der Waals surface area contributed by atoms with Crippen molar-refractivity contribution in [3.05, 3.63) is 161 Å². The highest BCUT2D eigenvalue weighted by molar-refractivity contribution is 5.96. The predicted molar refractivity (Wildman–Crippen MR) is 300 cm³/mol. The van der Waals surface area contributed by atoms with Gasteiger partial charge in [-0.15, -0.1) is 0 Å². The minimum atomic E-state index is -0.347. The Morgan fingerprint density at radius 3 is 1.55 bits per heavy atom. The number of hydrogen-bond donors (Lipinski definition) is 5. The fraction of sp³-hybridized carbons (Fsp3) is 0.356. The Labute approximate surface area is 430 Å². The van der Waals surface area contributed by atoms with E-state index < -0.39 is 0 Å². The molecule has 15 heteroatoms. The van der Waals surface area contributed by atoms with E-state index in [0.29, 0.717) is 17.0 Å². The lowest BCUT2D eigenvalue weighted by Gasteiger charge is -2.38. The molecule has 3 aliphatic heterocycles. The average Bonchev–Trinajstić information content (AvgIpc) is 3.37. The van der Waals surface area contributed by atoms with Gasteiger partial charge in [0.2, 0.25) is 0 Å². The smallest absolute Gasteiger partial charge is 0.268 e. The molecule has 0 radical (unpaired) electrons. The second-order valence-electron chi connectivity index (χ2n) is 19.9. The number of ether oxygens (including phenoxy) is 1. The number of nitrogens with one attached hydrogen (secondary N) is 5. The van der Waals surface area contributed by atoms with Gasteiger partial charge >= 0.3 is 0 Å². The van der Waals surface area contributed by atoms with E-state index in [1.54, 1.807) is 0 Å². The number of anilines is 4. The Bertz CT molecular complexity index is 3630. The first-order valence-corrected chi connectivity index (χ1v) is 25.7. The Balaban J connectivity index is 0.000000132. The van der Waals surface area contributed by atoms with Crippen molar-refractivity contribution < 1.29 is 4.74 Å². The van der Waals surface area contributed by atoms with Crippen LogP contribution in [0.2, 0.25) is 0 Å². The van der Waals surface area contributed by atoms with Crippen LogP contribution in [0.5, 0.6) is 0 Å². The van der Waals surface area contributed by atoms with Crippen molar-refractivity contribution in [1.82, 2.24) is 19.9 Å². The van der Waals surface area contributed by atoms with E-state index in [1.807, 2.05) is 105 Å². The van der Waals surface area contributed by atoms with Gasteiger partial charge < -0.3 is 44.7 Å². The second-order valence-corrected chi connectivity index (χ2v) is 19.9. The lowest BCUT2D eigenvalue weighted by atomic mass is 9.82. The number of nitriles is 2. The van der Waals surface area contributed by atoms with E-state index in [2.05, 4.69) is 85.8 Å². The number of aromatic nitrogens is 4. The molecular weight excluding hydrogens is 929 g/mol. The third-order valence-corrected chi connectivity index (χ3v) is 14.5. The summed E-state index contributed by atoms with van der Waals surface area (Å²) in [5.74, 6) is 0.585. The maximum atomic E-state index is 12.2. The minimum Gasteiger partial charge on any atom is -0.383 e. The quantitative estimate of drug-likeness (QED) is 0.0919. The third-order valence-electron chi connectivity index (χ3n) is 14.5. The molecule has 3 aliphatic rings. The van der Waals surface area contributed by atoms with E-state index in [1.165, 1.54) is 6.42 Å². The van der Waals surface area contributed by atoms with Gasteiger partial charge in [-0.05, 0) is 83.1 Å². The van der Waals surface area contributed by atoms with Gasteiger partial charge in [0.25, 0.3) is 22.2 Å². The number of fused-ring (bicyclic) bond motifs is 4. The largest absolute Gasteiger partial charge is 0.383 e. The molecule has 7 heterocycles. The summed E-state index contributed by atoms with van der Waals surface area (Å²) in [5, 5.41) is 25.9. The van der Waals surface area contributed by atoms with E-state index in [0.717, 1.165) is 150 Å². The van der Waals surface area contributed by atoms with Gasteiger partial charge in [-0.1, -0.05) is 86.6 Å². The first-order valence-electron chi connectivity index (χ1n) is 25.7. The summed E-state index contributed by atoms with van der Waals surface area (Å²) in [5.41, 5.74) is 8.72. The van der Waals surface area contributed by atoms with Gasteiger partial charge in [-0.2, -0.15) is 10.5 Å². The van der Waals surface area contributed by atoms with Gasteiger partial charge in [-0.25, -0.2) is 0 Å². The molecule has 382 valence electrons. The first kappa shape index (κ1) is 52.2. The lowest BCUT2D eigenvalue weighted by molar-refractivity contribution is -0.0337. The molecule has 4 aromatic carbocycles. The van der Waals surface area contributed by atoms with Crippen LogP contribution >= 0.6 is 0 Å². The van der Waals surface area contributed by atoms with Crippen LogP contribution in [-0.4, -0.2) is 79.0 Å². The van der Waals surface area contributed by atoms with Crippen LogP contribution in [0.25, 0.3) is 43.6 Å². The standard InChI is InChI=1S/C17H19N3O.C15H15N3O2.C14H18N2O.C13H14N2O/c1-17(2)7-9-20(10-8-17)15-12-5-3-4-6-14(12)19-16(21)13(15)11-18;16-7-12-14(17-6-5-10-8-20-9-10)11-3-1-2-4-13(11)18-15(12)19;1-4-16(5-2)13-10(3)14(17)15-12-9-7-6-8-11(12)13;1-9-12(15-7-4-8-15)10-5-2-3-6-11(10)14-13(9)16/h3-6H,7-10H2,1-2H3,(H,19,21);1-4,10H,5-6,8-9H2,(H2,17,18,19);6-9H,4-5H2,1-3H3,(H,15,17);2-3,5-6H,4,7-8H2,1H3,(H,14,16). The number of benzene rings is 4. The highest BCUT2D eigenvalue weighted by Crippen LogP contribution is 2.36. The normalized spacial score (nSPS) is 14.8. The zero-order valence-corrected chi connectivity index (χ0v) is 43.3. The molecule has 0 spiro atoms. The Morgan fingerprint density at radius 1 is 0.608 bits per heavy atom. The summed E-state index contributed by atoms with van der Waals surface area (Å²) in [6.07, 6.45) is 4.34. The molecule has 0 amide bonds. The van der Waals surface area contributed by atoms with Gasteiger partial charge in [-0.3, -0.25) is 19.2 Å². The fourth-order valence-corrected chi connectivity index (χ4v) is 9.92. The number of nitrogens with zero attached hydrogens (tertiary/aromatic N) is 5. The van der Waals surface area contributed by atoms with Crippen LogP contribution in [0.4, 0.5) is 22.7 Å². The highest BCUT2D eigenvalue weighted by atomic mass is 16.5. The molecule has 3 fully saturated rings. The first-order chi connectivity index (χ1) is 35.8. The average molecular weight is 995 g/mol. The maximum Gasteiger partial charge on any atom is 0.268 e. The molecule has 4 aromatic heterocycles. The summed E-state index contributed by atoms with van der Waals surface area (Å²) >= 11 is 0. The van der Waals surface area contributed by atoms with Crippen molar-refractivity contribution in [1.29, 1.82) is 10.5 Å². The van der Waals surface area contributed by atoms with Crippen molar-refractivity contribution in [2.75, 3.05) is 79.0 Å². The number of hydrogen-bond acceptors (Lipinski definition) is 11. The van der Waals surface area contributed by atoms with Gasteiger partial charge in [0, 0.05) is 84.4 Å². The van der Waals surface area contributed by atoms with Crippen LogP contribution in [0.3, 0.4) is 0 Å². The predicted octanol–water partition coefficient (Wildman–Crippen LogP) is 9.60. The van der Waals surface area contributed by atoms with Crippen LogP contribution in [0.15, 0.2) is 116 Å². The Hall–Kier alpha value is -8.14. The van der Waals surface area contributed by atoms with Crippen LogP contribution in [0, 0.1) is 47.8 Å². The molecule has 0 aliphatic carbocycles. The Kier molecular flexibility index (Phi) is 16.3. The van der Waals surface area contributed by atoms with Crippen LogP contribution in [-0.2, 0) is 4.74 Å². The summed E-state index contributed by atoms with van der Waals surface area (Å²) in [4.78, 5) is 65.9. The third kappa shape index (κ3) is 11.2. The molecule has 8 aromatic rings. The molecule has 5 N–H and O–H groups in total. The number of pyridine rings is 4. The van der Waals surface area contributed by atoms with E-state index in [9.17, 15) is 29.7 Å². The van der Waals surface area contributed by atoms with E-state index in [-0.39, 0.29) is 33.4 Å². The monoisotopic (exact) mass is 995 g/mol. The lowest BCUT2D eigenvalue weighted by Crippen LogP contribution is -2.38. The summed E-state index contributed by atoms with van der Waals surface area (Å²) in [6.45, 7) is 20.6. The van der Waals surface area contributed by atoms with Crippen molar-refractivity contribution in [2.45, 2.75) is 67.2 Å². The molecular formula is C59H66N10O5. The number of para-hydroxylation sites is 4. The summed E-state index contributed by atoms with van der Waals surface area (Å²) in [6, 6.07) is 35.2. The van der Waals surface area contributed by atoms with Crippen molar-refractivity contribution >= 4 is 66.4 Å². The molecule has 3 saturated heterocycles. The minimum absolute atomic E-state index is 0.00519. The van der Waals surface area contributed by atoms with E-state index >= 15 is 0 Å². The second kappa shape index (κ2) is 23.2. The SMILES string of the molecule is CC1(C)CCN(c2c(C#N)c(=O)[nH]c3ccccc23)CC1.CCN(CC)c1c(C)c(=O)[nH]c2ccccc12.Cc1c(N2CCC2)c2ccccc2[nH]c1=O.N#Cc1c(NCCC2COC2)c2ccccc2[nH]c1=O. The zero-order valence-electron chi connectivity index (χ0n) is 43.3. The zero-order chi connectivity index (χ0) is 52.5. The highest BCUT2D eigenvalue weighted by Gasteiger charge is 2.29. The summed E-state index contributed by atoms with van der Waals surface area (Å²) < 4.78 is 5.14. The van der Waals surface area contributed by atoms with Crippen molar-refractivity contribution in [2.24, 2.45) is 11.3 Å².